The first kappa shape index (κ1) is 23.3. The second kappa shape index (κ2) is 13.1. The van der Waals surface area contributed by atoms with Crippen LogP contribution in [0.3, 0.4) is 0 Å². The normalized spacial score (nSPS) is 10.1. The second-order valence-electron chi connectivity index (χ2n) is 8.11. The molecular weight excluding hydrogens is 388 g/mol. The summed E-state index contributed by atoms with van der Waals surface area (Å²) in [7, 11) is 0. The smallest absolute Gasteiger partial charge is 0.136 e. The molecule has 0 saturated carbocycles. The van der Waals surface area contributed by atoms with Gasteiger partial charge in [-0.05, 0) is 85.0 Å². The van der Waals surface area contributed by atoms with Gasteiger partial charge in [-0.25, -0.2) is 0 Å². The average molecular weight is 421 g/mol. The molecule has 162 valence electrons. The molecule has 0 aliphatic heterocycles. The Kier molecular flexibility index (Phi) is 9.57. The molecule has 2 heteroatoms. The van der Waals surface area contributed by atoms with Crippen molar-refractivity contribution in [3.8, 4) is 23.7 Å². The Morgan fingerprint density at radius 1 is 0.500 bits per heavy atom. The molecule has 32 heavy (non-hydrogen) atoms. The zero-order chi connectivity index (χ0) is 22.4. The highest BCUT2D eigenvalue weighted by atomic mass is 15.1. The van der Waals surface area contributed by atoms with Gasteiger partial charge in [0, 0.05) is 11.1 Å². The zero-order valence-electron chi connectivity index (χ0n) is 19.3. The topological polar surface area (TPSA) is 25.8 Å². The Bertz CT molecular complexity index is 980. The molecule has 0 amide bonds. The number of hydrogen-bond donors (Lipinski definition) is 0. The number of hydrogen-bond acceptors (Lipinski definition) is 2. The van der Waals surface area contributed by atoms with E-state index in [1.165, 1.54) is 49.7 Å². The lowest BCUT2D eigenvalue weighted by Crippen LogP contribution is -1.91. The standard InChI is InChI=1S/C30H32N2/c1-3-5-7-9-25-11-15-27(16-12-25)19-21-29-23-24-30(32-31-29)22-20-28-17-13-26(14-18-28)10-8-6-4-2/h11-18,23-24H,3-10H2,1-2H3. The van der Waals surface area contributed by atoms with Gasteiger partial charge in [0.05, 0.1) is 0 Å². The van der Waals surface area contributed by atoms with Crippen LogP contribution in [0.2, 0.25) is 0 Å². The predicted molar refractivity (Wildman–Crippen MR) is 133 cm³/mol. The molecule has 0 aliphatic rings. The highest BCUT2D eigenvalue weighted by Gasteiger charge is 1.96. The summed E-state index contributed by atoms with van der Waals surface area (Å²) in [6.45, 7) is 4.46. The number of nitrogens with zero attached hydrogens (tertiary/aromatic N) is 2. The summed E-state index contributed by atoms with van der Waals surface area (Å²) in [6, 6.07) is 20.7. The van der Waals surface area contributed by atoms with Gasteiger partial charge in [-0.2, -0.15) is 0 Å². The fourth-order valence-corrected chi connectivity index (χ4v) is 3.41. The number of aryl methyl sites for hydroxylation is 2. The van der Waals surface area contributed by atoms with Gasteiger partial charge in [0.25, 0.3) is 0 Å². The first-order valence-corrected chi connectivity index (χ1v) is 11.8. The quantitative estimate of drug-likeness (QED) is 0.298. The fraction of sp³-hybridized carbons (Fsp3) is 0.333. The van der Waals surface area contributed by atoms with E-state index in [1.807, 2.05) is 12.1 Å². The van der Waals surface area contributed by atoms with Gasteiger partial charge in [-0.15, -0.1) is 10.2 Å². The Labute approximate surface area is 193 Å². The second-order valence-corrected chi connectivity index (χ2v) is 8.11. The van der Waals surface area contributed by atoms with Crippen LogP contribution in [0.5, 0.6) is 0 Å². The van der Waals surface area contributed by atoms with Crippen LogP contribution in [0.15, 0.2) is 60.7 Å². The zero-order valence-corrected chi connectivity index (χ0v) is 19.3. The van der Waals surface area contributed by atoms with Crippen molar-refractivity contribution in [2.75, 3.05) is 0 Å². The Morgan fingerprint density at radius 2 is 0.906 bits per heavy atom. The molecule has 0 radical (unpaired) electrons. The summed E-state index contributed by atoms with van der Waals surface area (Å²) >= 11 is 0. The van der Waals surface area contributed by atoms with Crippen molar-refractivity contribution >= 4 is 0 Å². The molecule has 1 heterocycles. The summed E-state index contributed by atoms with van der Waals surface area (Å²) in [5.74, 6) is 12.5. The minimum atomic E-state index is 0.652. The average Bonchev–Trinajstić information content (AvgIpc) is 2.84. The lowest BCUT2D eigenvalue weighted by atomic mass is 10.1. The molecule has 1 aromatic heterocycles. The van der Waals surface area contributed by atoms with E-state index in [1.54, 1.807) is 0 Å². The molecule has 0 atom stereocenters. The highest BCUT2D eigenvalue weighted by Crippen LogP contribution is 2.10. The summed E-state index contributed by atoms with van der Waals surface area (Å²) < 4.78 is 0. The SMILES string of the molecule is CCCCCc1ccc(C#Cc2ccc(C#Cc3ccc(CCCCC)cc3)nn2)cc1. The van der Waals surface area contributed by atoms with Crippen LogP contribution in [0.4, 0.5) is 0 Å². The van der Waals surface area contributed by atoms with Gasteiger partial charge in [0.1, 0.15) is 11.4 Å². The molecule has 0 aliphatic carbocycles. The van der Waals surface area contributed by atoms with Crippen LogP contribution in [0.1, 0.15) is 86.0 Å². The molecule has 3 aromatic rings. The maximum atomic E-state index is 4.20. The summed E-state index contributed by atoms with van der Waals surface area (Å²) in [5.41, 5.74) is 6.04. The van der Waals surface area contributed by atoms with Crippen LogP contribution >= 0.6 is 0 Å². The number of unbranched alkanes of at least 4 members (excludes halogenated alkanes) is 4. The van der Waals surface area contributed by atoms with Crippen LogP contribution in [0, 0.1) is 23.7 Å². The maximum Gasteiger partial charge on any atom is 0.136 e. The molecule has 0 N–H and O–H groups in total. The van der Waals surface area contributed by atoms with Crippen molar-refractivity contribution < 1.29 is 0 Å². The lowest BCUT2D eigenvalue weighted by molar-refractivity contribution is 0.717. The minimum absolute atomic E-state index is 0.652. The molecular formula is C30H32N2. The van der Waals surface area contributed by atoms with Crippen molar-refractivity contribution in [2.24, 2.45) is 0 Å². The number of aromatic nitrogens is 2. The molecule has 0 unspecified atom stereocenters. The fourth-order valence-electron chi connectivity index (χ4n) is 3.41. The van der Waals surface area contributed by atoms with E-state index in [-0.39, 0.29) is 0 Å². The molecule has 3 rings (SSSR count). The van der Waals surface area contributed by atoms with Crippen LogP contribution in [-0.4, -0.2) is 10.2 Å². The van der Waals surface area contributed by atoms with Crippen molar-refractivity contribution in [1.82, 2.24) is 10.2 Å². The third-order valence-corrected chi connectivity index (χ3v) is 5.38. The van der Waals surface area contributed by atoms with E-state index >= 15 is 0 Å². The van der Waals surface area contributed by atoms with E-state index < -0.39 is 0 Å². The first-order chi connectivity index (χ1) is 15.8. The summed E-state index contributed by atoms with van der Waals surface area (Å²) in [6.07, 6.45) is 9.84. The van der Waals surface area contributed by atoms with Gasteiger partial charge < -0.3 is 0 Å². The van der Waals surface area contributed by atoms with Crippen molar-refractivity contribution in [3.63, 3.8) is 0 Å². The molecule has 0 saturated heterocycles. The van der Waals surface area contributed by atoms with E-state index in [4.69, 9.17) is 0 Å². The Morgan fingerprint density at radius 3 is 1.25 bits per heavy atom. The lowest BCUT2D eigenvalue weighted by Gasteiger charge is -2.00. The number of benzene rings is 2. The van der Waals surface area contributed by atoms with Crippen molar-refractivity contribution in [1.29, 1.82) is 0 Å². The highest BCUT2D eigenvalue weighted by molar-refractivity contribution is 5.43. The monoisotopic (exact) mass is 420 g/mol. The molecule has 2 nitrogen and oxygen atoms in total. The predicted octanol–water partition coefficient (Wildman–Crippen LogP) is 6.74. The first-order valence-electron chi connectivity index (χ1n) is 11.8. The molecule has 0 spiro atoms. The maximum absolute atomic E-state index is 4.20. The van der Waals surface area contributed by atoms with E-state index in [0.717, 1.165) is 24.0 Å². The summed E-state index contributed by atoms with van der Waals surface area (Å²) in [5, 5.41) is 8.41. The van der Waals surface area contributed by atoms with E-state index in [0.29, 0.717) is 11.4 Å². The van der Waals surface area contributed by atoms with E-state index in [2.05, 4.69) is 96.3 Å². The minimum Gasteiger partial charge on any atom is -0.141 e. The third-order valence-electron chi connectivity index (χ3n) is 5.38. The summed E-state index contributed by atoms with van der Waals surface area (Å²) in [4.78, 5) is 0. The largest absolute Gasteiger partial charge is 0.141 e. The van der Waals surface area contributed by atoms with Gasteiger partial charge in [-0.1, -0.05) is 75.6 Å². The van der Waals surface area contributed by atoms with Gasteiger partial charge >= 0.3 is 0 Å². The van der Waals surface area contributed by atoms with Gasteiger partial charge in [-0.3, -0.25) is 0 Å². The molecule has 2 aromatic carbocycles. The van der Waals surface area contributed by atoms with E-state index in [9.17, 15) is 0 Å². The van der Waals surface area contributed by atoms with Crippen molar-refractivity contribution in [3.05, 3.63) is 94.3 Å². The van der Waals surface area contributed by atoms with Crippen LogP contribution < -0.4 is 0 Å². The Hall–Kier alpha value is -3.36. The van der Waals surface area contributed by atoms with Gasteiger partial charge in [0.2, 0.25) is 0 Å². The van der Waals surface area contributed by atoms with Crippen LogP contribution in [0.25, 0.3) is 0 Å². The third kappa shape index (κ3) is 8.05. The molecule has 0 bridgehead atoms. The molecule has 0 fully saturated rings. The van der Waals surface area contributed by atoms with Crippen molar-refractivity contribution in [2.45, 2.75) is 65.2 Å². The van der Waals surface area contributed by atoms with Crippen LogP contribution in [-0.2, 0) is 12.8 Å². The van der Waals surface area contributed by atoms with Gasteiger partial charge in [0.15, 0.2) is 0 Å². The number of rotatable bonds is 8. The Balaban J connectivity index is 1.55.